The van der Waals surface area contributed by atoms with Crippen molar-refractivity contribution in [3.63, 3.8) is 0 Å². The highest BCUT2D eigenvalue weighted by Crippen LogP contribution is 2.20. The first-order valence-electron chi connectivity index (χ1n) is 10.6. The van der Waals surface area contributed by atoms with Gasteiger partial charge in [-0.25, -0.2) is 18.9 Å². The number of anilines is 1. The molecule has 0 saturated carbocycles. The number of nitrogens with one attached hydrogen (secondary N) is 1. The minimum absolute atomic E-state index is 0.215. The van der Waals surface area contributed by atoms with Crippen LogP contribution in [0.1, 0.15) is 22.8 Å². The molecule has 3 aromatic heterocycles. The fourth-order valence-corrected chi connectivity index (χ4v) is 4.03. The Morgan fingerprint density at radius 1 is 1.00 bits per heavy atom. The van der Waals surface area contributed by atoms with E-state index in [4.69, 9.17) is 4.98 Å². The van der Waals surface area contributed by atoms with Gasteiger partial charge in [-0.2, -0.15) is 5.10 Å². The standard InChI is InChI=1S/C24H23N7O2/c1-15-22(16(2)29(3)27-15)26-21(32)14-30-24(33)31-20(13-17-9-5-4-6-10-17)25-19-12-8-7-11-18(19)23(31)28-30/h4-12H,13-14H2,1-3H3,(H,26,32). The minimum atomic E-state index is -0.399. The van der Waals surface area contributed by atoms with Crippen LogP contribution in [-0.4, -0.2) is 34.9 Å². The van der Waals surface area contributed by atoms with Crippen LogP contribution in [-0.2, 0) is 24.8 Å². The quantitative estimate of drug-likeness (QED) is 0.452. The van der Waals surface area contributed by atoms with Gasteiger partial charge in [-0.1, -0.05) is 42.5 Å². The molecule has 1 N–H and O–H groups in total. The molecule has 1 amide bonds. The van der Waals surface area contributed by atoms with Crippen LogP contribution in [0.4, 0.5) is 5.69 Å². The largest absolute Gasteiger partial charge is 0.352 e. The van der Waals surface area contributed by atoms with Gasteiger partial charge in [0.15, 0.2) is 5.65 Å². The van der Waals surface area contributed by atoms with E-state index in [9.17, 15) is 9.59 Å². The monoisotopic (exact) mass is 441 g/mol. The Morgan fingerprint density at radius 2 is 1.73 bits per heavy atom. The molecule has 0 spiro atoms. The zero-order valence-corrected chi connectivity index (χ0v) is 18.6. The third-order valence-corrected chi connectivity index (χ3v) is 5.76. The smallest absolute Gasteiger partial charge is 0.321 e. The molecule has 33 heavy (non-hydrogen) atoms. The van der Waals surface area contributed by atoms with E-state index in [0.717, 1.165) is 22.2 Å². The lowest BCUT2D eigenvalue weighted by atomic mass is 10.1. The molecular formula is C24H23N7O2. The summed E-state index contributed by atoms with van der Waals surface area (Å²) in [6.45, 7) is 3.49. The average Bonchev–Trinajstić information content (AvgIpc) is 3.25. The fraction of sp³-hybridized carbons (Fsp3) is 0.208. The third-order valence-electron chi connectivity index (χ3n) is 5.76. The number of amides is 1. The molecule has 9 nitrogen and oxygen atoms in total. The molecular weight excluding hydrogens is 418 g/mol. The summed E-state index contributed by atoms with van der Waals surface area (Å²) in [6, 6.07) is 17.4. The number of hydrogen-bond donors (Lipinski definition) is 1. The summed E-state index contributed by atoms with van der Waals surface area (Å²) < 4.78 is 4.40. The lowest BCUT2D eigenvalue weighted by Crippen LogP contribution is -2.29. The predicted molar refractivity (Wildman–Crippen MR) is 125 cm³/mol. The van der Waals surface area contributed by atoms with Crippen molar-refractivity contribution in [2.75, 3.05) is 5.32 Å². The van der Waals surface area contributed by atoms with Crippen molar-refractivity contribution >= 4 is 28.1 Å². The van der Waals surface area contributed by atoms with Crippen molar-refractivity contribution in [3.05, 3.63) is 87.9 Å². The van der Waals surface area contributed by atoms with Crippen LogP contribution in [0.5, 0.6) is 0 Å². The van der Waals surface area contributed by atoms with E-state index in [1.807, 2.05) is 75.5 Å². The van der Waals surface area contributed by atoms with Gasteiger partial charge in [0.1, 0.15) is 12.4 Å². The van der Waals surface area contributed by atoms with Crippen LogP contribution in [0.15, 0.2) is 59.4 Å². The molecule has 0 fully saturated rings. The Kier molecular flexibility index (Phi) is 5.01. The summed E-state index contributed by atoms with van der Waals surface area (Å²) in [4.78, 5) is 30.9. The van der Waals surface area contributed by atoms with E-state index in [-0.39, 0.29) is 12.5 Å². The van der Waals surface area contributed by atoms with E-state index in [2.05, 4.69) is 15.5 Å². The highest BCUT2D eigenvalue weighted by Gasteiger charge is 2.19. The Morgan fingerprint density at radius 3 is 2.45 bits per heavy atom. The van der Waals surface area contributed by atoms with Gasteiger partial charge in [0.2, 0.25) is 5.91 Å². The van der Waals surface area contributed by atoms with Gasteiger partial charge in [-0.05, 0) is 31.5 Å². The molecule has 0 atom stereocenters. The number of rotatable bonds is 5. The highest BCUT2D eigenvalue weighted by molar-refractivity contribution is 5.92. The van der Waals surface area contributed by atoms with Crippen LogP contribution in [0, 0.1) is 13.8 Å². The van der Waals surface area contributed by atoms with Crippen molar-refractivity contribution in [2.45, 2.75) is 26.8 Å². The zero-order valence-electron chi connectivity index (χ0n) is 18.6. The van der Waals surface area contributed by atoms with E-state index in [1.54, 1.807) is 4.68 Å². The second-order valence-electron chi connectivity index (χ2n) is 8.02. The SMILES string of the molecule is Cc1nn(C)c(C)c1NC(=O)Cn1nc2c3ccccc3nc(Cc3ccccc3)n2c1=O. The van der Waals surface area contributed by atoms with E-state index in [0.29, 0.717) is 29.3 Å². The Balaban J connectivity index is 1.57. The Hall–Kier alpha value is -4.27. The summed E-state index contributed by atoms with van der Waals surface area (Å²) in [5, 5.41) is 12.5. The molecule has 0 bridgehead atoms. The molecule has 5 rings (SSSR count). The maximum Gasteiger partial charge on any atom is 0.352 e. The highest BCUT2D eigenvalue weighted by atomic mass is 16.2. The number of carbonyl (C=O) groups excluding carboxylic acids is 1. The van der Waals surface area contributed by atoms with E-state index in [1.165, 1.54) is 9.08 Å². The molecule has 5 aromatic rings. The summed E-state index contributed by atoms with van der Waals surface area (Å²) in [6.07, 6.45) is 0.466. The fourth-order valence-electron chi connectivity index (χ4n) is 4.03. The summed E-state index contributed by atoms with van der Waals surface area (Å²) in [5.74, 6) is 0.229. The molecule has 0 aliphatic rings. The van der Waals surface area contributed by atoms with Gasteiger partial charge in [0.05, 0.1) is 22.6 Å². The number of para-hydroxylation sites is 1. The predicted octanol–water partition coefficient (Wildman–Crippen LogP) is 2.62. The number of aryl methyl sites for hydroxylation is 2. The second kappa shape index (κ2) is 8.01. The molecule has 0 saturated heterocycles. The van der Waals surface area contributed by atoms with Gasteiger partial charge >= 0.3 is 5.69 Å². The first kappa shape index (κ1) is 20.6. The number of benzene rings is 2. The van der Waals surface area contributed by atoms with Gasteiger partial charge in [0.25, 0.3) is 0 Å². The molecule has 2 aromatic carbocycles. The summed E-state index contributed by atoms with van der Waals surface area (Å²) in [5.41, 5.74) is 4.06. The molecule has 0 unspecified atom stereocenters. The topological polar surface area (TPSA) is 99.1 Å². The molecule has 0 radical (unpaired) electrons. The second-order valence-corrected chi connectivity index (χ2v) is 8.02. The summed E-state index contributed by atoms with van der Waals surface area (Å²) >= 11 is 0. The number of fused-ring (bicyclic) bond motifs is 3. The van der Waals surface area contributed by atoms with E-state index >= 15 is 0 Å². The molecule has 0 aliphatic heterocycles. The zero-order chi connectivity index (χ0) is 23.1. The molecule has 0 aliphatic carbocycles. The van der Waals surface area contributed by atoms with Gasteiger partial charge < -0.3 is 5.32 Å². The van der Waals surface area contributed by atoms with Crippen molar-refractivity contribution in [1.82, 2.24) is 28.9 Å². The van der Waals surface area contributed by atoms with Gasteiger partial charge in [-0.15, -0.1) is 5.10 Å². The minimum Gasteiger partial charge on any atom is -0.321 e. The molecule has 9 heteroatoms. The summed E-state index contributed by atoms with van der Waals surface area (Å²) in [7, 11) is 1.82. The maximum absolute atomic E-state index is 13.3. The van der Waals surface area contributed by atoms with Crippen molar-refractivity contribution in [1.29, 1.82) is 0 Å². The number of nitrogens with zero attached hydrogens (tertiary/aromatic N) is 6. The van der Waals surface area contributed by atoms with Gasteiger partial charge in [-0.3, -0.25) is 9.48 Å². The van der Waals surface area contributed by atoms with Crippen molar-refractivity contribution < 1.29 is 4.79 Å². The third kappa shape index (κ3) is 3.67. The molecule has 3 heterocycles. The van der Waals surface area contributed by atoms with Crippen LogP contribution < -0.4 is 11.0 Å². The Bertz CT molecular complexity index is 1560. The van der Waals surface area contributed by atoms with Crippen LogP contribution in [0.3, 0.4) is 0 Å². The van der Waals surface area contributed by atoms with Crippen molar-refractivity contribution in [2.24, 2.45) is 7.05 Å². The first-order chi connectivity index (χ1) is 15.9. The average molecular weight is 441 g/mol. The lowest BCUT2D eigenvalue weighted by molar-refractivity contribution is -0.117. The van der Waals surface area contributed by atoms with Crippen LogP contribution >= 0.6 is 0 Å². The number of aromatic nitrogens is 6. The maximum atomic E-state index is 13.3. The van der Waals surface area contributed by atoms with Crippen LogP contribution in [0.2, 0.25) is 0 Å². The number of carbonyl (C=O) groups is 1. The Labute approximate surface area is 189 Å². The van der Waals surface area contributed by atoms with Crippen LogP contribution in [0.25, 0.3) is 16.6 Å². The van der Waals surface area contributed by atoms with Crippen molar-refractivity contribution in [3.8, 4) is 0 Å². The van der Waals surface area contributed by atoms with E-state index < -0.39 is 5.69 Å². The normalized spacial score (nSPS) is 11.4. The lowest BCUT2D eigenvalue weighted by Gasteiger charge is -2.06. The molecule has 166 valence electrons. The number of hydrogen-bond acceptors (Lipinski definition) is 5. The van der Waals surface area contributed by atoms with Gasteiger partial charge in [0, 0.05) is 18.9 Å². The first-order valence-corrected chi connectivity index (χ1v) is 10.6.